The third kappa shape index (κ3) is 8.38. The fraction of sp³-hybridized carbons (Fsp3) is 0.455. The molecule has 8 nitrogen and oxygen atoms in total. The van der Waals surface area contributed by atoms with Gasteiger partial charge in [-0.2, -0.15) is 0 Å². The summed E-state index contributed by atoms with van der Waals surface area (Å²) < 4.78 is 57.2. The molecule has 4 saturated carbocycles. The molecule has 0 amide bonds. The number of methoxy groups -OCH3 is 2. The van der Waals surface area contributed by atoms with E-state index in [4.69, 9.17) is 43.0 Å². The SMILES string of the molecule is COc1ccc(Cl)cc1CC[C@@H]1[C@@H](c2ccc(S(N)(=O)=O)cc2)C12CCCC2.COc1ccc(Cl)cc1CC[C@H]1[C@H](c2ccc(S(N)(=O)=O)cc2)C12CCCC2. The maximum absolute atomic E-state index is 11.5. The van der Waals surface area contributed by atoms with Gasteiger partial charge in [0.15, 0.2) is 0 Å². The van der Waals surface area contributed by atoms with Crippen molar-refractivity contribution in [2.45, 2.75) is 98.7 Å². The van der Waals surface area contributed by atoms with Crippen LogP contribution in [-0.2, 0) is 32.9 Å². The molecule has 8 rings (SSSR count). The Kier molecular flexibility index (Phi) is 11.9. The summed E-state index contributed by atoms with van der Waals surface area (Å²) in [5.41, 5.74) is 5.51. The second-order valence-electron chi connectivity index (χ2n) is 16.3. The first-order valence-electron chi connectivity index (χ1n) is 19.6. The van der Waals surface area contributed by atoms with Crippen LogP contribution in [0.3, 0.4) is 0 Å². The van der Waals surface area contributed by atoms with Crippen LogP contribution in [0.25, 0.3) is 0 Å². The number of primary sulfonamides is 2. The van der Waals surface area contributed by atoms with Gasteiger partial charge in [0, 0.05) is 10.0 Å². The molecule has 0 bridgehead atoms. The number of hydrogen-bond donors (Lipinski definition) is 2. The van der Waals surface area contributed by atoms with Gasteiger partial charge in [-0.1, -0.05) is 73.2 Å². The number of aryl methyl sites for hydroxylation is 2. The van der Waals surface area contributed by atoms with Crippen molar-refractivity contribution >= 4 is 43.2 Å². The van der Waals surface area contributed by atoms with Crippen LogP contribution < -0.4 is 19.8 Å². The van der Waals surface area contributed by atoms with Gasteiger partial charge >= 0.3 is 0 Å². The molecule has 4 fully saturated rings. The molecule has 56 heavy (non-hydrogen) atoms. The number of nitrogens with two attached hydrogens (primary N) is 2. The first kappa shape index (κ1) is 41.1. The third-order valence-electron chi connectivity index (χ3n) is 13.4. The van der Waals surface area contributed by atoms with Crippen LogP contribution in [0, 0.1) is 22.7 Å². The molecule has 0 heterocycles. The van der Waals surface area contributed by atoms with E-state index < -0.39 is 20.0 Å². The van der Waals surface area contributed by atoms with Gasteiger partial charge in [-0.25, -0.2) is 27.1 Å². The van der Waals surface area contributed by atoms with Crippen molar-refractivity contribution in [1.82, 2.24) is 0 Å². The molecular formula is C44H52Cl2N2O6S2. The lowest BCUT2D eigenvalue weighted by Crippen LogP contribution is -2.11. The lowest BCUT2D eigenvalue weighted by molar-refractivity contribution is 0.405. The molecule has 2 spiro atoms. The van der Waals surface area contributed by atoms with E-state index >= 15 is 0 Å². The predicted molar refractivity (Wildman–Crippen MR) is 223 cm³/mol. The molecule has 0 unspecified atom stereocenters. The second-order valence-corrected chi connectivity index (χ2v) is 20.3. The third-order valence-corrected chi connectivity index (χ3v) is 15.8. The Bertz CT molecular complexity index is 2090. The lowest BCUT2D eigenvalue weighted by atomic mass is 9.96. The summed E-state index contributed by atoms with van der Waals surface area (Å²) in [5, 5.41) is 12.0. The number of hydrogen-bond acceptors (Lipinski definition) is 6. The molecule has 12 heteroatoms. The van der Waals surface area contributed by atoms with Gasteiger partial charge in [0.2, 0.25) is 20.0 Å². The molecule has 0 saturated heterocycles. The molecule has 4 aromatic rings. The van der Waals surface area contributed by atoms with E-state index in [1.165, 1.54) is 62.5 Å². The van der Waals surface area contributed by atoms with E-state index in [0.717, 1.165) is 58.4 Å². The van der Waals surface area contributed by atoms with Crippen molar-refractivity contribution in [3.63, 3.8) is 0 Å². The number of sulfonamides is 2. The van der Waals surface area contributed by atoms with Crippen molar-refractivity contribution in [1.29, 1.82) is 0 Å². The largest absolute Gasteiger partial charge is 0.496 e. The van der Waals surface area contributed by atoms with E-state index in [1.54, 1.807) is 38.5 Å². The fourth-order valence-corrected chi connectivity index (χ4v) is 12.3. The first-order valence-corrected chi connectivity index (χ1v) is 23.5. The van der Waals surface area contributed by atoms with Crippen LogP contribution in [0.5, 0.6) is 11.5 Å². The summed E-state index contributed by atoms with van der Waals surface area (Å²) in [6.07, 6.45) is 14.2. The summed E-state index contributed by atoms with van der Waals surface area (Å²) in [6, 6.07) is 25.9. The van der Waals surface area contributed by atoms with Crippen molar-refractivity contribution in [2.75, 3.05) is 14.2 Å². The summed E-state index contributed by atoms with van der Waals surface area (Å²) in [5.74, 6) is 3.99. The van der Waals surface area contributed by atoms with Crippen molar-refractivity contribution in [2.24, 2.45) is 32.9 Å². The van der Waals surface area contributed by atoms with E-state index in [1.807, 2.05) is 60.7 Å². The zero-order valence-electron chi connectivity index (χ0n) is 32.1. The zero-order valence-corrected chi connectivity index (χ0v) is 35.2. The van der Waals surface area contributed by atoms with Crippen molar-refractivity contribution in [3.05, 3.63) is 117 Å². The fourth-order valence-electron chi connectivity index (χ4n) is 10.9. The first-order chi connectivity index (χ1) is 26.7. The van der Waals surface area contributed by atoms with Crippen molar-refractivity contribution in [3.8, 4) is 11.5 Å². The number of ether oxygens (including phenoxy) is 2. The van der Waals surface area contributed by atoms with E-state index in [9.17, 15) is 16.8 Å². The summed E-state index contributed by atoms with van der Waals surface area (Å²) in [4.78, 5) is 0.357. The summed E-state index contributed by atoms with van der Waals surface area (Å²) >= 11 is 12.4. The minimum Gasteiger partial charge on any atom is -0.496 e. The minimum absolute atomic E-state index is 0.178. The smallest absolute Gasteiger partial charge is 0.238 e. The van der Waals surface area contributed by atoms with E-state index in [0.29, 0.717) is 34.5 Å². The molecule has 4 aliphatic carbocycles. The molecule has 0 aromatic heterocycles. The van der Waals surface area contributed by atoms with Crippen LogP contribution in [0.2, 0.25) is 10.0 Å². The van der Waals surface area contributed by atoms with Crippen molar-refractivity contribution < 1.29 is 26.3 Å². The molecule has 4 N–H and O–H groups in total. The van der Waals surface area contributed by atoms with Gasteiger partial charge in [0.1, 0.15) is 11.5 Å². The maximum Gasteiger partial charge on any atom is 0.238 e. The second kappa shape index (κ2) is 16.3. The predicted octanol–water partition coefficient (Wildman–Crippen LogP) is 9.81. The lowest BCUT2D eigenvalue weighted by Gasteiger charge is -2.11. The molecule has 0 radical (unpaired) electrons. The molecular weight excluding hydrogens is 788 g/mol. The van der Waals surface area contributed by atoms with Crippen LogP contribution in [0.1, 0.15) is 98.3 Å². The molecule has 300 valence electrons. The average molecular weight is 840 g/mol. The molecule has 0 aliphatic heterocycles. The van der Waals surface area contributed by atoms with Crippen LogP contribution in [0.4, 0.5) is 0 Å². The van der Waals surface area contributed by atoms with Crippen LogP contribution >= 0.6 is 23.2 Å². The Hall–Kier alpha value is -3.12. The highest BCUT2D eigenvalue weighted by molar-refractivity contribution is 7.89. The molecule has 4 aliphatic rings. The average Bonchev–Trinajstić information content (AvgIpc) is 3.67. The Morgan fingerprint density at radius 3 is 1.21 bits per heavy atom. The zero-order chi connectivity index (χ0) is 39.9. The quantitative estimate of drug-likeness (QED) is 0.146. The van der Waals surface area contributed by atoms with Gasteiger partial charge in [-0.05, 0) is 169 Å². The maximum atomic E-state index is 11.5. The Morgan fingerprint density at radius 2 is 0.911 bits per heavy atom. The monoisotopic (exact) mass is 838 g/mol. The highest BCUT2D eigenvalue weighted by atomic mass is 35.5. The molecule has 4 aromatic carbocycles. The van der Waals surface area contributed by atoms with Gasteiger partial charge in [0.25, 0.3) is 0 Å². The number of rotatable bonds is 12. The van der Waals surface area contributed by atoms with Gasteiger partial charge in [0.05, 0.1) is 24.0 Å². The van der Waals surface area contributed by atoms with Gasteiger partial charge < -0.3 is 9.47 Å². The highest BCUT2D eigenvalue weighted by Gasteiger charge is 2.65. The van der Waals surface area contributed by atoms with E-state index in [-0.39, 0.29) is 9.79 Å². The Labute approximate surface area is 342 Å². The summed E-state index contributed by atoms with van der Waals surface area (Å²) in [7, 11) is -3.92. The van der Waals surface area contributed by atoms with Crippen LogP contribution in [0.15, 0.2) is 94.7 Å². The standard InChI is InChI=1S/2C22H26ClNO3S/c2*1-27-20-11-7-17(23)14-16(20)6-10-19-21(22(19)12-2-3-13-22)15-4-8-18(9-5-15)28(24,25)26/h2*4-5,7-9,11,14,19,21H,2-3,6,10,12-13H2,1H3,(H2,24,25,26)/t2*19-,21-/m10/s1. The van der Waals surface area contributed by atoms with Gasteiger partial charge in [-0.3, -0.25) is 0 Å². The number of benzene rings is 4. The highest BCUT2D eigenvalue weighted by Crippen LogP contribution is 2.74. The Balaban J connectivity index is 0.000000172. The number of halogens is 2. The normalized spacial score (nSPS) is 23.1. The minimum atomic E-state index is -3.65. The summed E-state index contributed by atoms with van der Waals surface area (Å²) in [6.45, 7) is 0. The van der Waals surface area contributed by atoms with E-state index in [2.05, 4.69) is 0 Å². The van der Waals surface area contributed by atoms with Gasteiger partial charge in [-0.15, -0.1) is 0 Å². The topological polar surface area (TPSA) is 139 Å². The molecule has 4 atom stereocenters. The Morgan fingerprint density at radius 1 is 0.571 bits per heavy atom. The van der Waals surface area contributed by atoms with Crippen LogP contribution in [-0.4, -0.2) is 31.1 Å².